The molecule has 1 atom stereocenters. The number of likely N-dealkylation sites (N-methyl/N-ethyl adjacent to an activating group) is 1. The van der Waals surface area contributed by atoms with Crippen molar-refractivity contribution in [3.05, 3.63) is 65.7 Å². The van der Waals surface area contributed by atoms with E-state index in [0.717, 1.165) is 17.7 Å². The van der Waals surface area contributed by atoms with Crippen LogP contribution in [-0.4, -0.2) is 25.4 Å². The lowest BCUT2D eigenvalue weighted by atomic mass is 9.92. The van der Waals surface area contributed by atoms with E-state index in [1.165, 1.54) is 6.07 Å². The Morgan fingerprint density at radius 2 is 1.81 bits per heavy atom. The van der Waals surface area contributed by atoms with Crippen molar-refractivity contribution in [2.75, 3.05) is 20.3 Å². The van der Waals surface area contributed by atoms with Crippen molar-refractivity contribution in [1.82, 2.24) is 5.32 Å². The summed E-state index contributed by atoms with van der Waals surface area (Å²) in [5.74, 6) is -1.68. The maximum atomic E-state index is 13.2. The predicted octanol–water partition coefficient (Wildman–Crippen LogP) is 2.45. The molecule has 0 bridgehead atoms. The number of aliphatic hydroxyl groups excluding tert-OH is 1. The van der Waals surface area contributed by atoms with Crippen molar-refractivity contribution < 1.29 is 18.6 Å². The van der Waals surface area contributed by atoms with Gasteiger partial charge in [0, 0.05) is 6.07 Å². The number of hydrogen-bond acceptors (Lipinski definition) is 3. The van der Waals surface area contributed by atoms with Gasteiger partial charge in [0.05, 0.1) is 6.61 Å². The van der Waals surface area contributed by atoms with Gasteiger partial charge in [0.1, 0.15) is 17.9 Å². The van der Waals surface area contributed by atoms with Crippen LogP contribution in [0.5, 0.6) is 5.75 Å². The van der Waals surface area contributed by atoms with Gasteiger partial charge in [-0.05, 0) is 24.7 Å². The summed E-state index contributed by atoms with van der Waals surface area (Å²) in [7, 11) is 1.71. The molecule has 2 rings (SSSR count). The first-order valence-electron chi connectivity index (χ1n) is 6.54. The van der Waals surface area contributed by atoms with E-state index in [0.29, 0.717) is 0 Å². The van der Waals surface area contributed by atoms with Crippen LogP contribution in [0.4, 0.5) is 8.78 Å². The van der Waals surface area contributed by atoms with E-state index in [-0.39, 0.29) is 19.0 Å². The molecule has 0 saturated heterocycles. The van der Waals surface area contributed by atoms with E-state index in [1.54, 1.807) is 7.05 Å². The fourth-order valence-corrected chi connectivity index (χ4v) is 2.05. The largest absolute Gasteiger partial charge is 0.491 e. The molecule has 0 aliphatic rings. The van der Waals surface area contributed by atoms with Crippen LogP contribution in [0, 0.1) is 11.6 Å². The monoisotopic (exact) mass is 293 g/mol. The van der Waals surface area contributed by atoms with Crippen LogP contribution >= 0.6 is 0 Å². The normalized spacial score (nSPS) is 13.7. The minimum atomic E-state index is -0.966. The van der Waals surface area contributed by atoms with Gasteiger partial charge in [-0.25, -0.2) is 8.78 Å². The van der Waals surface area contributed by atoms with E-state index < -0.39 is 17.2 Å². The molecule has 0 radical (unpaired) electrons. The van der Waals surface area contributed by atoms with E-state index in [9.17, 15) is 13.9 Å². The van der Waals surface area contributed by atoms with Crippen molar-refractivity contribution in [2.24, 2.45) is 0 Å². The minimum absolute atomic E-state index is 0.0785. The second-order valence-electron chi connectivity index (χ2n) is 4.72. The summed E-state index contributed by atoms with van der Waals surface area (Å²) in [6.45, 7) is -0.119. The molecule has 0 heterocycles. The molecule has 1 unspecified atom stereocenters. The SMILES string of the molecule is CNC(CO)(COc1ccc(F)c(F)c1)c1ccccc1. The number of nitrogens with one attached hydrogen (secondary N) is 1. The van der Waals surface area contributed by atoms with Crippen LogP contribution in [-0.2, 0) is 5.54 Å². The number of rotatable bonds is 6. The Hall–Kier alpha value is -1.98. The highest BCUT2D eigenvalue weighted by Gasteiger charge is 2.30. The van der Waals surface area contributed by atoms with Crippen LogP contribution in [0.25, 0.3) is 0 Å². The predicted molar refractivity (Wildman–Crippen MR) is 76.1 cm³/mol. The van der Waals surface area contributed by atoms with Gasteiger partial charge < -0.3 is 15.2 Å². The average molecular weight is 293 g/mol. The summed E-state index contributed by atoms with van der Waals surface area (Å²) in [6, 6.07) is 12.6. The molecule has 0 saturated carbocycles. The standard InChI is InChI=1S/C16H17F2NO2/c1-19-16(10-20,12-5-3-2-4-6-12)11-21-13-7-8-14(17)15(18)9-13/h2-9,19-20H,10-11H2,1H3. The maximum Gasteiger partial charge on any atom is 0.162 e. The van der Waals surface area contributed by atoms with Crippen LogP contribution < -0.4 is 10.1 Å². The zero-order valence-corrected chi connectivity index (χ0v) is 11.6. The number of ether oxygens (including phenoxy) is 1. The molecule has 3 nitrogen and oxygen atoms in total. The second kappa shape index (κ2) is 6.65. The van der Waals surface area contributed by atoms with Crippen molar-refractivity contribution >= 4 is 0 Å². The summed E-state index contributed by atoms with van der Waals surface area (Å²) in [4.78, 5) is 0. The fourth-order valence-electron chi connectivity index (χ4n) is 2.05. The Morgan fingerprint density at radius 1 is 1.10 bits per heavy atom. The molecule has 2 aromatic carbocycles. The molecule has 0 aliphatic carbocycles. The van der Waals surface area contributed by atoms with Gasteiger partial charge in [-0.15, -0.1) is 0 Å². The molecule has 21 heavy (non-hydrogen) atoms. The van der Waals surface area contributed by atoms with Crippen LogP contribution in [0.1, 0.15) is 5.56 Å². The molecule has 0 aromatic heterocycles. The summed E-state index contributed by atoms with van der Waals surface area (Å²) in [5, 5.41) is 12.8. The van der Waals surface area contributed by atoms with Crippen LogP contribution in [0.15, 0.2) is 48.5 Å². The molecule has 0 spiro atoms. The van der Waals surface area contributed by atoms with Crippen LogP contribution in [0.2, 0.25) is 0 Å². The highest BCUT2D eigenvalue weighted by Crippen LogP contribution is 2.23. The number of halogens is 2. The molecule has 112 valence electrons. The fraction of sp³-hybridized carbons (Fsp3) is 0.250. The van der Waals surface area contributed by atoms with E-state index in [2.05, 4.69) is 5.32 Å². The molecule has 0 fully saturated rings. The molecule has 2 N–H and O–H groups in total. The van der Waals surface area contributed by atoms with Gasteiger partial charge in [-0.1, -0.05) is 30.3 Å². The van der Waals surface area contributed by atoms with E-state index in [1.807, 2.05) is 30.3 Å². The quantitative estimate of drug-likeness (QED) is 0.859. The van der Waals surface area contributed by atoms with Crippen molar-refractivity contribution in [1.29, 1.82) is 0 Å². The smallest absolute Gasteiger partial charge is 0.162 e. The van der Waals surface area contributed by atoms with Gasteiger partial charge in [0.15, 0.2) is 11.6 Å². The highest BCUT2D eigenvalue weighted by atomic mass is 19.2. The molecule has 0 amide bonds. The Kier molecular flexibility index (Phi) is 4.88. The first kappa shape index (κ1) is 15.4. The van der Waals surface area contributed by atoms with Crippen molar-refractivity contribution in [3.8, 4) is 5.75 Å². The Labute approximate surface area is 122 Å². The zero-order chi connectivity index (χ0) is 15.3. The Bertz CT molecular complexity index is 586. The lowest BCUT2D eigenvalue weighted by Gasteiger charge is -2.32. The first-order valence-corrected chi connectivity index (χ1v) is 6.54. The Balaban J connectivity index is 2.19. The minimum Gasteiger partial charge on any atom is -0.491 e. The summed E-state index contributed by atoms with van der Waals surface area (Å²) in [5.41, 5.74) is 0.0316. The van der Waals surface area contributed by atoms with Crippen molar-refractivity contribution in [2.45, 2.75) is 5.54 Å². The van der Waals surface area contributed by atoms with Crippen LogP contribution in [0.3, 0.4) is 0 Å². The average Bonchev–Trinajstić information content (AvgIpc) is 2.53. The number of benzene rings is 2. The molecule has 5 heteroatoms. The van der Waals surface area contributed by atoms with Gasteiger partial charge in [-0.2, -0.15) is 0 Å². The van der Waals surface area contributed by atoms with Gasteiger partial charge in [0.2, 0.25) is 0 Å². The third kappa shape index (κ3) is 3.37. The summed E-state index contributed by atoms with van der Waals surface area (Å²) < 4.78 is 31.6. The van der Waals surface area contributed by atoms with Crippen molar-refractivity contribution in [3.63, 3.8) is 0 Å². The maximum absolute atomic E-state index is 13.2. The van der Waals surface area contributed by atoms with E-state index >= 15 is 0 Å². The third-order valence-electron chi connectivity index (χ3n) is 3.45. The van der Waals surface area contributed by atoms with Gasteiger partial charge in [-0.3, -0.25) is 0 Å². The summed E-state index contributed by atoms with van der Waals surface area (Å²) in [6.07, 6.45) is 0. The second-order valence-corrected chi connectivity index (χ2v) is 4.72. The topological polar surface area (TPSA) is 41.5 Å². The highest BCUT2D eigenvalue weighted by molar-refractivity contribution is 5.27. The lowest BCUT2D eigenvalue weighted by Crippen LogP contribution is -2.48. The Morgan fingerprint density at radius 3 is 2.38 bits per heavy atom. The molecule has 0 aliphatic heterocycles. The molecular formula is C16H17F2NO2. The molecular weight excluding hydrogens is 276 g/mol. The first-order chi connectivity index (χ1) is 10.1. The summed E-state index contributed by atoms with van der Waals surface area (Å²) >= 11 is 0. The molecule has 2 aromatic rings. The van der Waals surface area contributed by atoms with E-state index in [4.69, 9.17) is 4.74 Å². The number of hydrogen-bond donors (Lipinski definition) is 2. The number of aliphatic hydroxyl groups is 1. The van der Waals surface area contributed by atoms with Gasteiger partial charge >= 0.3 is 0 Å². The lowest BCUT2D eigenvalue weighted by molar-refractivity contribution is 0.108. The zero-order valence-electron chi connectivity index (χ0n) is 11.6. The third-order valence-corrected chi connectivity index (χ3v) is 3.45. The van der Waals surface area contributed by atoms with Gasteiger partial charge in [0.25, 0.3) is 0 Å².